The van der Waals surface area contributed by atoms with Gasteiger partial charge >= 0.3 is 0 Å². The first-order valence-corrected chi connectivity index (χ1v) is 4.41. The number of rotatable bonds is 2. The Bertz CT molecular complexity index is 209. The first-order chi connectivity index (χ1) is 5.77. The summed E-state index contributed by atoms with van der Waals surface area (Å²) in [4.78, 5) is 0. The molecule has 0 aromatic rings. The Balaban J connectivity index is 2.93. The van der Waals surface area contributed by atoms with E-state index in [1.54, 1.807) is 7.11 Å². The summed E-state index contributed by atoms with van der Waals surface area (Å²) < 4.78 is 5.26. The second kappa shape index (κ2) is 4.15. The van der Waals surface area contributed by atoms with Crippen LogP contribution in [0.3, 0.4) is 0 Å². The van der Waals surface area contributed by atoms with E-state index >= 15 is 0 Å². The summed E-state index contributed by atoms with van der Waals surface area (Å²) >= 11 is 0. The van der Waals surface area contributed by atoms with Crippen LogP contribution in [0, 0.1) is 5.92 Å². The molecule has 0 radical (unpaired) electrons. The summed E-state index contributed by atoms with van der Waals surface area (Å²) in [5.41, 5.74) is 1.28. The van der Waals surface area contributed by atoms with E-state index in [-0.39, 0.29) is 0 Å². The molecule has 0 fully saturated rings. The van der Waals surface area contributed by atoms with Gasteiger partial charge in [0.25, 0.3) is 0 Å². The zero-order valence-corrected chi connectivity index (χ0v) is 8.00. The molecule has 0 amide bonds. The lowest BCUT2D eigenvalue weighted by Gasteiger charge is -2.03. The molecule has 1 atom stereocenters. The Morgan fingerprint density at radius 2 is 2.00 bits per heavy atom. The van der Waals surface area contributed by atoms with Crippen LogP contribution in [0.4, 0.5) is 0 Å². The maximum absolute atomic E-state index is 5.26. The Labute approximate surface area is 74.4 Å². The highest BCUT2D eigenvalue weighted by Gasteiger charge is 2.03. The van der Waals surface area contributed by atoms with E-state index in [1.807, 2.05) is 0 Å². The summed E-state index contributed by atoms with van der Waals surface area (Å²) in [6.07, 6.45) is 9.59. The molecule has 0 aromatic heterocycles. The van der Waals surface area contributed by atoms with E-state index in [0.29, 0.717) is 5.92 Å². The van der Waals surface area contributed by atoms with Crippen molar-refractivity contribution in [3.63, 3.8) is 0 Å². The van der Waals surface area contributed by atoms with Crippen LogP contribution in [0.2, 0.25) is 0 Å². The van der Waals surface area contributed by atoms with Gasteiger partial charge in [-0.15, -0.1) is 0 Å². The lowest BCUT2D eigenvalue weighted by molar-refractivity contribution is 0.302. The zero-order valence-electron chi connectivity index (χ0n) is 8.00. The largest absolute Gasteiger partial charge is 0.496 e. The molecular formula is C11H16O. The van der Waals surface area contributed by atoms with Gasteiger partial charge in [-0.3, -0.25) is 0 Å². The highest BCUT2D eigenvalue weighted by Crippen LogP contribution is 2.18. The van der Waals surface area contributed by atoms with Crippen molar-refractivity contribution >= 4 is 0 Å². The van der Waals surface area contributed by atoms with E-state index in [4.69, 9.17) is 4.74 Å². The molecule has 0 heterocycles. The third-order valence-corrected chi connectivity index (χ3v) is 2.07. The van der Waals surface area contributed by atoms with E-state index in [0.717, 1.165) is 12.2 Å². The summed E-state index contributed by atoms with van der Waals surface area (Å²) in [5, 5.41) is 0. The maximum atomic E-state index is 5.26. The fourth-order valence-corrected chi connectivity index (χ4v) is 1.25. The van der Waals surface area contributed by atoms with Crippen LogP contribution in [0.15, 0.2) is 35.6 Å². The Morgan fingerprint density at radius 1 is 1.33 bits per heavy atom. The fourth-order valence-electron chi connectivity index (χ4n) is 1.25. The molecule has 0 aromatic carbocycles. The molecule has 0 spiro atoms. The molecule has 1 rings (SSSR count). The first-order valence-electron chi connectivity index (χ1n) is 4.41. The van der Waals surface area contributed by atoms with Gasteiger partial charge in [-0.2, -0.15) is 0 Å². The number of allylic oxidation sites excluding steroid dienone is 5. The maximum Gasteiger partial charge on any atom is 0.121 e. The quantitative estimate of drug-likeness (QED) is 0.609. The summed E-state index contributed by atoms with van der Waals surface area (Å²) in [6, 6.07) is 0. The molecule has 0 bridgehead atoms. The molecule has 0 saturated heterocycles. The molecule has 0 N–H and O–H groups in total. The van der Waals surface area contributed by atoms with Gasteiger partial charge in [0, 0.05) is 0 Å². The van der Waals surface area contributed by atoms with Crippen molar-refractivity contribution in [2.75, 3.05) is 7.11 Å². The molecule has 0 aliphatic heterocycles. The molecule has 0 saturated carbocycles. The highest BCUT2D eigenvalue weighted by molar-refractivity contribution is 5.32. The van der Waals surface area contributed by atoms with E-state index in [1.165, 1.54) is 5.57 Å². The Morgan fingerprint density at radius 3 is 2.58 bits per heavy atom. The van der Waals surface area contributed by atoms with Crippen LogP contribution < -0.4 is 0 Å². The molecule has 1 aliphatic carbocycles. The van der Waals surface area contributed by atoms with Gasteiger partial charge in [0.15, 0.2) is 0 Å². The second-order valence-electron chi connectivity index (χ2n) is 3.02. The molecule has 1 nitrogen and oxygen atoms in total. The van der Waals surface area contributed by atoms with E-state index < -0.39 is 0 Å². The zero-order chi connectivity index (χ0) is 8.97. The van der Waals surface area contributed by atoms with Crippen LogP contribution in [0.25, 0.3) is 0 Å². The predicted molar refractivity (Wildman–Crippen MR) is 51.8 cm³/mol. The van der Waals surface area contributed by atoms with Crippen LogP contribution in [0.5, 0.6) is 0 Å². The van der Waals surface area contributed by atoms with Gasteiger partial charge in [-0.05, 0) is 24.0 Å². The topological polar surface area (TPSA) is 9.23 Å². The van der Waals surface area contributed by atoms with Crippen molar-refractivity contribution in [3.05, 3.63) is 35.6 Å². The lowest BCUT2D eigenvalue weighted by atomic mass is 10.1. The molecule has 1 heteroatoms. The molecule has 1 aliphatic rings. The average molecular weight is 164 g/mol. The Hall–Kier alpha value is -0.980. The van der Waals surface area contributed by atoms with Crippen LogP contribution >= 0.6 is 0 Å². The molecule has 12 heavy (non-hydrogen) atoms. The van der Waals surface area contributed by atoms with Gasteiger partial charge in [0.2, 0.25) is 0 Å². The number of ether oxygens (including phenoxy) is 1. The number of methoxy groups -OCH3 is 1. The van der Waals surface area contributed by atoms with Crippen molar-refractivity contribution in [1.29, 1.82) is 0 Å². The van der Waals surface area contributed by atoms with Gasteiger partial charge in [-0.1, -0.05) is 32.1 Å². The molecular weight excluding hydrogens is 148 g/mol. The monoisotopic (exact) mass is 164 g/mol. The van der Waals surface area contributed by atoms with Crippen LogP contribution in [0.1, 0.15) is 20.3 Å². The highest BCUT2D eigenvalue weighted by atomic mass is 16.5. The third kappa shape index (κ3) is 2.00. The fraction of sp³-hybridized carbons (Fsp3) is 0.455. The van der Waals surface area contributed by atoms with Gasteiger partial charge in [-0.25, -0.2) is 0 Å². The van der Waals surface area contributed by atoms with Gasteiger partial charge in [0.05, 0.1) is 7.11 Å². The van der Waals surface area contributed by atoms with Crippen molar-refractivity contribution < 1.29 is 4.74 Å². The van der Waals surface area contributed by atoms with Crippen LogP contribution in [-0.4, -0.2) is 7.11 Å². The Kier molecular flexibility index (Phi) is 3.15. The summed E-state index contributed by atoms with van der Waals surface area (Å²) in [7, 11) is 1.72. The molecule has 1 unspecified atom stereocenters. The minimum atomic E-state index is 0.513. The number of hydrogen-bond acceptors (Lipinski definition) is 1. The predicted octanol–water partition coefficient (Wildman–Crippen LogP) is 3.06. The number of hydrogen-bond donors (Lipinski definition) is 0. The normalized spacial score (nSPS) is 22.8. The third-order valence-electron chi connectivity index (χ3n) is 2.07. The first kappa shape index (κ1) is 9.11. The van der Waals surface area contributed by atoms with Gasteiger partial charge < -0.3 is 4.74 Å². The molecule has 66 valence electrons. The average Bonchev–Trinajstić information content (AvgIpc) is 2.27. The van der Waals surface area contributed by atoms with E-state index in [2.05, 4.69) is 38.2 Å². The standard InChI is InChI=1S/C11H16O/c1-4-10-7-5-9(2)6-8-11(10)12-3/h5-9H,4H2,1-3H3. The van der Waals surface area contributed by atoms with Crippen molar-refractivity contribution in [2.24, 2.45) is 5.92 Å². The minimum Gasteiger partial charge on any atom is -0.496 e. The van der Waals surface area contributed by atoms with Crippen molar-refractivity contribution in [2.45, 2.75) is 20.3 Å². The summed E-state index contributed by atoms with van der Waals surface area (Å²) in [5.74, 6) is 1.51. The van der Waals surface area contributed by atoms with Crippen molar-refractivity contribution in [1.82, 2.24) is 0 Å². The SMILES string of the molecule is CCC1=C(OC)C=CC(C)C=C1. The van der Waals surface area contributed by atoms with Crippen molar-refractivity contribution in [3.8, 4) is 0 Å². The minimum absolute atomic E-state index is 0.513. The van der Waals surface area contributed by atoms with E-state index in [9.17, 15) is 0 Å². The smallest absolute Gasteiger partial charge is 0.121 e. The lowest BCUT2D eigenvalue weighted by Crippen LogP contribution is -1.87. The van der Waals surface area contributed by atoms with Gasteiger partial charge in [0.1, 0.15) is 5.76 Å². The summed E-state index contributed by atoms with van der Waals surface area (Å²) in [6.45, 7) is 4.31. The van der Waals surface area contributed by atoms with Crippen LogP contribution in [-0.2, 0) is 4.74 Å². The second-order valence-corrected chi connectivity index (χ2v) is 3.02.